The molecule has 34 heavy (non-hydrogen) atoms. The van der Waals surface area contributed by atoms with Crippen LogP contribution in [-0.4, -0.2) is 68.2 Å². The molecule has 0 aromatic rings. The van der Waals surface area contributed by atoms with Gasteiger partial charge < -0.3 is 4.43 Å². The second-order valence-corrected chi connectivity index (χ2v) is 12.5. The number of hydrogen-bond acceptors (Lipinski definition) is 1. The maximum atomic E-state index is 13.6. The van der Waals surface area contributed by atoms with Gasteiger partial charge in [-0.05, 0) is 19.6 Å². The first-order valence-electron chi connectivity index (χ1n) is 8.25. The monoisotopic (exact) mass is 568 g/mol. The van der Waals surface area contributed by atoms with Crippen LogP contribution in [0.3, 0.4) is 0 Å². The van der Waals surface area contributed by atoms with Crippen molar-refractivity contribution in [2.24, 2.45) is 0 Å². The summed E-state index contributed by atoms with van der Waals surface area (Å²) in [4.78, 5) is 0. The summed E-state index contributed by atoms with van der Waals surface area (Å²) in [6, 6.07) is 0. The van der Waals surface area contributed by atoms with Gasteiger partial charge in [-0.15, -0.1) is 0 Å². The first-order valence-corrected chi connectivity index (χ1v) is 11.7. The highest BCUT2D eigenvalue weighted by Gasteiger charge is 2.96. The highest BCUT2D eigenvalue weighted by atomic mass is 28.4. The van der Waals surface area contributed by atoms with E-state index in [0.29, 0.717) is 0 Å². The Hall–Kier alpha value is -1.08. The molecule has 1 nitrogen and oxygen atoms in total. The van der Waals surface area contributed by atoms with Crippen LogP contribution in [0.15, 0.2) is 0 Å². The van der Waals surface area contributed by atoms with E-state index in [0.717, 1.165) is 19.6 Å². The molecule has 0 amide bonds. The van der Waals surface area contributed by atoms with Crippen LogP contribution < -0.4 is 0 Å². The predicted octanol–water partition coefficient (Wildman–Crippen LogP) is 7.58. The van der Waals surface area contributed by atoms with Gasteiger partial charge in [-0.3, -0.25) is 0 Å². The molecular formula is C14H14F18OSi. The first-order chi connectivity index (χ1) is 14.2. The molecule has 0 aromatic heterocycles. The lowest BCUT2D eigenvalue weighted by Gasteiger charge is -2.44. The van der Waals surface area contributed by atoms with Gasteiger partial charge in [0.2, 0.25) is 0 Å². The molecule has 0 radical (unpaired) electrons. The molecule has 0 aliphatic rings. The van der Waals surface area contributed by atoms with E-state index in [1.807, 2.05) is 0 Å². The lowest BCUT2D eigenvalue weighted by atomic mass is 9.86. The highest BCUT2D eigenvalue weighted by Crippen LogP contribution is 2.65. The number of alkyl halides is 18. The van der Waals surface area contributed by atoms with Crippen LogP contribution in [-0.2, 0) is 4.43 Å². The molecule has 0 heterocycles. The predicted molar refractivity (Wildman–Crippen MR) is 79.5 cm³/mol. The zero-order valence-electron chi connectivity index (χ0n) is 16.9. The summed E-state index contributed by atoms with van der Waals surface area (Å²) in [5, 5.41) is 0. The van der Waals surface area contributed by atoms with Gasteiger partial charge in [0, 0.05) is 6.92 Å². The van der Waals surface area contributed by atoms with Crippen LogP contribution in [0.1, 0.15) is 6.92 Å². The van der Waals surface area contributed by atoms with E-state index in [9.17, 15) is 79.0 Å². The van der Waals surface area contributed by atoms with Crippen molar-refractivity contribution >= 4 is 8.32 Å². The molecule has 0 atom stereocenters. The summed E-state index contributed by atoms with van der Waals surface area (Å²) in [5.41, 5.74) is 0. The third-order valence-electron chi connectivity index (χ3n) is 4.06. The van der Waals surface area contributed by atoms with Gasteiger partial charge in [0.25, 0.3) is 0 Å². The third-order valence-corrected chi connectivity index (χ3v) is 5.07. The Balaban J connectivity index is 6.77. The van der Waals surface area contributed by atoms with E-state index in [1.54, 1.807) is 0 Å². The fraction of sp³-hybridized carbons (Fsp3) is 1.00. The standard InChI is InChI=1S/C14H14F18OSi/c1-6(15,16)8(19,20)10(23,24)12(27,28)14(31,32)13(29,30)11(25,26)9(21,22)7(17,18)5-33-34(2,3)4/h5H2,1-4H3. The first kappa shape index (κ1) is 32.9. The van der Waals surface area contributed by atoms with E-state index >= 15 is 0 Å². The molecule has 0 bridgehead atoms. The molecule has 0 spiro atoms. The molecule has 0 aromatic carbocycles. The Morgan fingerprint density at radius 2 is 0.676 bits per heavy atom. The normalized spacial score (nSPS) is 16.8. The van der Waals surface area contributed by atoms with Gasteiger partial charge in [0.05, 0.1) is 0 Å². The van der Waals surface area contributed by atoms with E-state index in [1.165, 1.54) is 0 Å². The number of halogens is 18. The molecule has 0 saturated heterocycles. The Morgan fingerprint density at radius 3 is 0.912 bits per heavy atom. The minimum absolute atomic E-state index is 0.953. The summed E-state index contributed by atoms with van der Waals surface area (Å²) in [6.45, 7) is -1.30. The van der Waals surface area contributed by atoms with Crippen LogP contribution in [0.5, 0.6) is 0 Å². The summed E-state index contributed by atoms with van der Waals surface area (Å²) < 4.78 is 245. The molecule has 206 valence electrons. The smallest absolute Gasteiger partial charge is 0.385 e. The maximum Gasteiger partial charge on any atom is 0.385 e. The summed E-state index contributed by atoms with van der Waals surface area (Å²) in [6.07, 6.45) is 0. The summed E-state index contributed by atoms with van der Waals surface area (Å²) in [5.74, 6) is -71.0. The van der Waals surface area contributed by atoms with Crippen molar-refractivity contribution in [3.8, 4) is 0 Å². The molecule has 0 aliphatic heterocycles. The molecule has 0 fully saturated rings. The molecule has 0 rings (SSSR count). The van der Waals surface area contributed by atoms with Gasteiger partial charge in [-0.2, -0.15) is 79.0 Å². The Labute approximate surface area is 179 Å². The van der Waals surface area contributed by atoms with Crippen molar-refractivity contribution in [2.45, 2.75) is 79.9 Å². The average molecular weight is 568 g/mol. The lowest BCUT2D eigenvalue weighted by Crippen LogP contribution is -2.76. The van der Waals surface area contributed by atoms with Gasteiger partial charge >= 0.3 is 53.3 Å². The molecule has 0 aliphatic carbocycles. The zero-order chi connectivity index (χ0) is 28.4. The quantitative estimate of drug-likeness (QED) is 0.185. The van der Waals surface area contributed by atoms with E-state index in [-0.39, 0.29) is 0 Å². The van der Waals surface area contributed by atoms with Crippen LogP contribution in [0.25, 0.3) is 0 Å². The van der Waals surface area contributed by atoms with E-state index in [2.05, 4.69) is 4.43 Å². The maximum absolute atomic E-state index is 13.6. The second kappa shape index (κ2) is 8.22. The van der Waals surface area contributed by atoms with Gasteiger partial charge in [-0.25, -0.2) is 0 Å². The minimum atomic E-state index is -8.74. The van der Waals surface area contributed by atoms with Crippen LogP contribution in [0.2, 0.25) is 19.6 Å². The second-order valence-electron chi connectivity index (χ2n) is 8.01. The SMILES string of the molecule is CC(F)(F)C(F)(F)C(F)(F)C(F)(F)C(F)(F)C(F)(F)C(F)(F)C(F)(F)C(F)(F)CO[Si](C)(C)C. The van der Waals surface area contributed by atoms with Gasteiger partial charge in [0.15, 0.2) is 8.32 Å². The van der Waals surface area contributed by atoms with Crippen molar-refractivity contribution in [3.63, 3.8) is 0 Å². The fourth-order valence-corrected chi connectivity index (χ4v) is 2.50. The van der Waals surface area contributed by atoms with E-state index in [4.69, 9.17) is 0 Å². The lowest BCUT2D eigenvalue weighted by molar-refractivity contribution is -0.461. The Kier molecular flexibility index (Phi) is 7.96. The molecule has 0 saturated carbocycles. The number of hydrogen-bond donors (Lipinski definition) is 0. The van der Waals surface area contributed by atoms with Crippen LogP contribution in [0, 0.1) is 0 Å². The van der Waals surface area contributed by atoms with Crippen molar-refractivity contribution in [1.29, 1.82) is 0 Å². The van der Waals surface area contributed by atoms with Gasteiger partial charge in [-0.1, -0.05) is 0 Å². The zero-order valence-corrected chi connectivity index (χ0v) is 17.9. The van der Waals surface area contributed by atoms with Crippen molar-refractivity contribution in [1.82, 2.24) is 0 Å². The van der Waals surface area contributed by atoms with Crippen molar-refractivity contribution in [3.05, 3.63) is 0 Å². The van der Waals surface area contributed by atoms with Crippen LogP contribution in [0.4, 0.5) is 79.0 Å². The highest BCUT2D eigenvalue weighted by molar-refractivity contribution is 6.69. The Bertz CT molecular complexity index is 732. The topological polar surface area (TPSA) is 9.23 Å². The summed E-state index contributed by atoms with van der Waals surface area (Å²) >= 11 is 0. The Morgan fingerprint density at radius 1 is 0.441 bits per heavy atom. The average Bonchev–Trinajstić information content (AvgIpc) is 2.57. The van der Waals surface area contributed by atoms with E-state index < -0.39 is 75.2 Å². The van der Waals surface area contributed by atoms with Crippen molar-refractivity contribution in [2.75, 3.05) is 6.61 Å². The molecule has 20 heteroatoms. The largest absolute Gasteiger partial charge is 0.411 e. The molecule has 0 unspecified atom stereocenters. The minimum Gasteiger partial charge on any atom is -0.411 e. The van der Waals surface area contributed by atoms with Crippen LogP contribution >= 0.6 is 0 Å². The summed E-state index contributed by atoms with van der Waals surface area (Å²) in [7, 11) is -3.35. The van der Waals surface area contributed by atoms with Crippen molar-refractivity contribution < 1.29 is 83.5 Å². The van der Waals surface area contributed by atoms with Gasteiger partial charge in [0.1, 0.15) is 6.61 Å². The fourth-order valence-electron chi connectivity index (χ4n) is 1.89. The number of rotatable bonds is 11. The molecular weight excluding hydrogens is 554 g/mol. The third kappa shape index (κ3) is 4.56. The molecule has 0 N–H and O–H groups in total.